The Morgan fingerprint density at radius 2 is 1.67 bits per heavy atom. The number of hydrogen-bond acceptors (Lipinski definition) is 5. The monoisotopic (exact) mass is 262 g/mol. The number of aliphatic hydroxyl groups excluding tert-OH is 3. The molecule has 4 N–H and O–H groups in total. The quantitative estimate of drug-likeness (QED) is 0.503. The van der Waals surface area contributed by atoms with Gasteiger partial charge < -0.3 is 25.2 Å². The molecule has 5 nitrogen and oxygen atoms in total. The predicted octanol–water partition coefficient (Wildman–Crippen LogP) is 0.538. The normalized spacial score (nSPS) is 36.8. The second kappa shape index (κ2) is 7.40. The maximum absolute atomic E-state index is 10.1. The first-order valence-corrected chi connectivity index (χ1v) is 6.92. The van der Waals surface area contributed by atoms with Crippen molar-refractivity contribution in [3.05, 3.63) is 0 Å². The van der Waals surface area contributed by atoms with Crippen LogP contribution in [-0.4, -0.2) is 51.1 Å². The topological polar surface area (TPSA) is 90.2 Å². The molecule has 0 spiro atoms. The molecule has 0 aromatic carbocycles. The summed E-state index contributed by atoms with van der Waals surface area (Å²) in [6, 6.07) is 0. The van der Waals surface area contributed by atoms with Gasteiger partial charge in [0.1, 0.15) is 18.3 Å². The SMILES string of the molecule is CCCCCCCCC1(O)OC[C@@H](O)[C@H](O)[C@H]1O. The molecule has 0 aromatic rings. The molecule has 1 aliphatic rings. The second-order valence-electron chi connectivity index (χ2n) is 5.18. The van der Waals surface area contributed by atoms with Crippen molar-refractivity contribution in [1.29, 1.82) is 0 Å². The number of hydrogen-bond donors (Lipinski definition) is 4. The summed E-state index contributed by atoms with van der Waals surface area (Å²) < 4.78 is 5.08. The minimum Gasteiger partial charge on any atom is -0.388 e. The minimum absolute atomic E-state index is 0.148. The third kappa shape index (κ3) is 4.17. The minimum atomic E-state index is -1.72. The molecular weight excluding hydrogens is 236 g/mol. The van der Waals surface area contributed by atoms with Gasteiger partial charge in [0, 0.05) is 6.42 Å². The second-order valence-corrected chi connectivity index (χ2v) is 5.18. The molecule has 1 fully saturated rings. The molecule has 18 heavy (non-hydrogen) atoms. The van der Waals surface area contributed by atoms with Gasteiger partial charge in [0.05, 0.1) is 6.61 Å². The Morgan fingerprint density at radius 3 is 2.33 bits per heavy atom. The molecule has 4 atom stereocenters. The van der Waals surface area contributed by atoms with E-state index in [9.17, 15) is 20.4 Å². The predicted molar refractivity (Wildman–Crippen MR) is 66.9 cm³/mol. The number of unbranched alkanes of at least 4 members (excludes halogenated alkanes) is 5. The summed E-state index contributed by atoms with van der Waals surface area (Å²) >= 11 is 0. The Bertz CT molecular complexity index is 235. The van der Waals surface area contributed by atoms with Crippen molar-refractivity contribution in [2.24, 2.45) is 0 Å². The molecule has 0 radical (unpaired) electrons. The summed E-state index contributed by atoms with van der Waals surface area (Å²) in [5.74, 6) is -1.72. The standard InChI is InChI=1S/C13H26O5/c1-2-3-4-5-6-7-8-13(17)12(16)11(15)10(14)9-18-13/h10-12,14-17H,2-9H2,1H3/t10-,11+,12-,13?/m1/s1. The van der Waals surface area contributed by atoms with E-state index in [1.807, 2.05) is 0 Å². The summed E-state index contributed by atoms with van der Waals surface area (Å²) in [7, 11) is 0. The number of rotatable bonds is 7. The first kappa shape index (κ1) is 15.9. The van der Waals surface area contributed by atoms with Crippen LogP contribution in [0.3, 0.4) is 0 Å². The van der Waals surface area contributed by atoms with Crippen LogP contribution < -0.4 is 0 Å². The highest BCUT2D eigenvalue weighted by Gasteiger charge is 2.47. The van der Waals surface area contributed by atoms with E-state index in [1.54, 1.807) is 0 Å². The molecular formula is C13H26O5. The first-order chi connectivity index (χ1) is 8.51. The van der Waals surface area contributed by atoms with Gasteiger partial charge in [-0.05, 0) is 6.42 Å². The van der Waals surface area contributed by atoms with E-state index in [4.69, 9.17) is 4.74 Å². The molecule has 0 aliphatic carbocycles. The highest BCUT2D eigenvalue weighted by Crippen LogP contribution is 2.28. The van der Waals surface area contributed by atoms with Gasteiger partial charge in [-0.2, -0.15) is 0 Å². The summed E-state index contributed by atoms with van der Waals surface area (Å²) in [6.07, 6.45) is 2.75. The lowest BCUT2D eigenvalue weighted by Crippen LogP contribution is -2.60. The lowest BCUT2D eigenvalue weighted by Gasteiger charge is -2.41. The van der Waals surface area contributed by atoms with Crippen LogP contribution in [0, 0.1) is 0 Å². The molecule has 0 aromatic heterocycles. The summed E-state index contributed by atoms with van der Waals surface area (Å²) in [5, 5.41) is 38.6. The fraction of sp³-hybridized carbons (Fsp3) is 1.00. The van der Waals surface area contributed by atoms with E-state index in [1.165, 1.54) is 19.3 Å². The average molecular weight is 262 g/mol. The van der Waals surface area contributed by atoms with Crippen LogP contribution in [0.15, 0.2) is 0 Å². The van der Waals surface area contributed by atoms with Crippen molar-refractivity contribution in [1.82, 2.24) is 0 Å². The third-order valence-electron chi connectivity index (χ3n) is 3.57. The summed E-state index contributed by atoms with van der Waals surface area (Å²) in [6.45, 7) is 2.01. The van der Waals surface area contributed by atoms with Crippen molar-refractivity contribution in [3.8, 4) is 0 Å². The average Bonchev–Trinajstić information content (AvgIpc) is 2.36. The lowest BCUT2D eigenvalue weighted by molar-refractivity contribution is -0.323. The Hall–Kier alpha value is -0.200. The van der Waals surface area contributed by atoms with Gasteiger partial charge >= 0.3 is 0 Å². The van der Waals surface area contributed by atoms with Crippen LogP contribution in [-0.2, 0) is 4.74 Å². The van der Waals surface area contributed by atoms with Crippen LogP contribution >= 0.6 is 0 Å². The van der Waals surface area contributed by atoms with Gasteiger partial charge in [0.15, 0.2) is 5.79 Å². The lowest BCUT2D eigenvalue weighted by atomic mass is 9.92. The van der Waals surface area contributed by atoms with Crippen LogP contribution in [0.1, 0.15) is 51.9 Å². The largest absolute Gasteiger partial charge is 0.388 e. The van der Waals surface area contributed by atoms with Gasteiger partial charge in [-0.1, -0.05) is 39.0 Å². The van der Waals surface area contributed by atoms with Crippen molar-refractivity contribution in [2.75, 3.05) is 6.61 Å². The Balaban J connectivity index is 2.27. The zero-order chi connectivity index (χ0) is 13.6. The van der Waals surface area contributed by atoms with E-state index >= 15 is 0 Å². The molecule has 108 valence electrons. The highest BCUT2D eigenvalue weighted by atomic mass is 16.6. The number of ether oxygens (including phenoxy) is 1. The van der Waals surface area contributed by atoms with E-state index in [2.05, 4.69) is 6.92 Å². The van der Waals surface area contributed by atoms with E-state index < -0.39 is 24.1 Å². The van der Waals surface area contributed by atoms with Crippen LogP contribution in [0.5, 0.6) is 0 Å². The van der Waals surface area contributed by atoms with Gasteiger partial charge in [0.25, 0.3) is 0 Å². The fourth-order valence-electron chi connectivity index (χ4n) is 2.27. The van der Waals surface area contributed by atoms with Crippen molar-refractivity contribution in [2.45, 2.75) is 76.0 Å². The van der Waals surface area contributed by atoms with Gasteiger partial charge in [0.2, 0.25) is 0 Å². The molecule has 1 heterocycles. The molecule has 1 unspecified atom stereocenters. The number of aliphatic hydroxyl groups is 4. The highest BCUT2D eigenvalue weighted by molar-refractivity contribution is 4.91. The fourth-order valence-corrected chi connectivity index (χ4v) is 2.27. The molecule has 1 rings (SSSR count). The van der Waals surface area contributed by atoms with Gasteiger partial charge in [-0.15, -0.1) is 0 Å². The Kier molecular flexibility index (Phi) is 6.52. The van der Waals surface area contributed by atoms with Crippen LogP contribution in [0.25, 0.3) is 0 Å². The zero-order valence-corrected chi connectivity index (χ0v) is 11.1. The molecule has 0 amide bonds. The molecule has 1 saturated heterocycles. The van der Waals surface area contributed by atoms with Crippen LogP contribution in [0.2, 0.25) is 0 Å². The van der Waals surface area contributed by atoms with Crippen molar-refractivity contribution >= 4 is 0 Å². The van der Waals surface area contributed by atoms with E-state index in [0.717, 1.165) is 19.3 Å². The third-order valence-corrected chi connectivity index (χ3v) is 3.57. The molecule has 5 heteroatoms. The molecule has 0 saturated carbocycles. The smallest absolute Gasteiger partial charge is 0.194 e. The molecule has 1 aliphatic heterocycles. The van der Waals surface area contributed by atoms with E-state index in [-0.39, 0.29) is 13.0 Å². The first-order valence-electron chi connectivity index (χ1n) is 6.92. The summed E-state index contributed by atoms with van der Waals surface area (Å²) in [5.41, 5.74) is 0. The van der Waals surface area contributed by atoms with E-state index in [0.29, 0.717) is 0 Å². The van der Waals surface area contributed by atoms with Crippen molar-refractivity contribution in [3.63, 3.8) is 0 Å². The maximum atomic E-state index is 10.1. The maximum Gasteiger partial charge on any atom is 0.194 e. The van der Waals surface area contributed by atoms with Gasteiger partial charge in [-0.25, -0.2) is 0 Å². The Morgan fingerprint density at radius 1 is 1.06 bits per heavy atom. The van der Waals surface area contributed by atoms with Gasteiger partial charge in [-0.3, -0.25) is 0 Å². The zero-order valence-electron chi connectivity index (χ0n) is 11.1. The molecule has 0 bridgehead atoms. The Labute approximate surface area is 108 Å². The van der Waals surface area contributed by atoms with Crippen LogP contribution in [0.4, 0.5) is 0 Å². The summed E-state index contributed by atoms with van der Waals surface area (Å²) in [4.78, 5) is 0. The van der Waals surface area contributed by atoms with Crippen molar-refractivity contribution < 1.29 is 25.2 Å².